The molecular formula is C20H20F2N4O3. The van der Waals surface area contributed by atoms with E-state index in [4.69, 9.17) is 15.7 Å². The van der Waals surface area contributed by atoms with Crippen LogP contribution in [0.2, 0.25) is 0 Å². The summed E-state index contributed by atoms with van der Waals surface area (Å²) in [6, 6.07) is 11.6. The molecule has 29 heavy (non-hydrogen) atoms. The predicted molar refractivity (Wildman–Crippen MR) is 102 cm³/mol. The smallest absolute Gasteiger partial charge is 0.295 e. The first-order valence-corrected chi connectivity index (χ1v) is 8.95. The Kier molecular flexibility index (Phi) is 5.88. The predicted octanol–water partition coefficient (Wildman–Crippen LogP) is 2.93. The lowest BCUT2D eigenvalue weighted by Gasteiger charge is -2.35. The molecule has 2 aromatic rings. The van der Waals surface area contributed by atoms with Gasteiger partial charge in [0, 0.05) is 12.0 Å². The lowest BCUT2D eigenvalue weighted by atomic mass is 9.96. The Morgan fingerprint density at radius 3 is 2.66 bits per heavy atom. The molecule has 1 atom stereocenters. The molecule has 0 saturated heterocycles. The van der Waals surface area contributed by atoms with E-state index in [0.717, 1.165) is 23.2 Å². The van der Waals surface area contributed by atoms with Gasteiger partial charge in [0.25, 0.3) is 5.91 Å². The van der Waals surface area contributed by atoms with E-state index in [0.29, 0.717) is 18.5 Å². The molecule has 152 valence electrons. The fourth-order valence-corrected chi connectivity index (χ4v) is 3.09. The zero-order chi connectivity index (χ0) is 21.0. The van der Waals surface area contributed by atoms with E-state index < -0.39 is 23.3 Å². The molecule has 1 amide bonds. The fraction of sp³-hybridized carbons (Fsp3) is 0.250. The molecule has 1 aliphatic rings. The van der Waals surface area contributed by atoms with Gasteiger partial charge in [-0.2, -0.15) is 5.01 Å². The summed E-state index contributed by atoms with van der Waals surface area (Å²) in [5.41, 5.74) is 4.30. The molecule has 0 aliphatic carbocycles. The van der Waals surface area contributed by atoms with Gasteiger partial charge in [0.1, 0.15) is 17.3 Å². The van der Waals surface area contributed by atoms with Crippen LogP contribution in [0.3, 0.4) is 0 Å². The summed E-state index contributed by atoms with van der Waals surface area (Å²) < 4.78 is 34.1. The maximum Gasteiger partial charge on any atom is 0.295 e. The third-order valence-corrected chi connectivity index (χ3v) is 4.55. The van der Waals surface area contributed by atoms with Gasteiger partial charge in [-0.25, -0.2) is 8.78 Å². The molecule has 0 radical (unpaired) electrons. The summed E-state index contributed by atoms with van der Waals surface area (Å²) in [5.74, 6) is -2.45. The molecule has 0 aromatic heterocycles. The lowest BCUT2D eigenvalue weighted by Crippen LogP contribution is -2.47. The van der Waals surface area contributed by atoms with E-state index in [-0.39, 0.29) is 23.6 Å². The molecule has 9 heteroatoms. The first-order chi connectivity index (χ1) is 13.9. The Bertz CT molecular complexity index is 965. The molecule has 1 unspecified atom stereocenters. The Morgan fingerprint density at radius 1 is 1.28 bits per heavy atom. The molecule has 0 bridgehead atoms. The maximum atomic E-state index is 14.4. The Balaban J connectivity index is 2.18. The van der Waals surface area contributed by atoms with Crippen molar-refractivity contribution < 1.29 is 23.5 Å². The van der Waals surface area contributed by atoms with Crippen LogP contribution in [0.5, 0.6) is 0 Å². The highest BCUT2D eigenvalue weighted by Gasteiger charge is 2.50. The summed E-state index contributed by atoms with van der Waals surface area (Å²) in [4.78, 5) is 12.9. The number of hydrazone groups is 1. The monoisotopic (exact) mass is 402 g/mol. The number of ether oxygens (including phenoxy) is 1. The van der Waals surface area contributed by atoms with Crippen molar-refractivity contribution in [2.45, 2.75) is 25.5 Å². The number of carbonyl (C=O) groups is 1. The molecule has 2 aromatic carbocycles. The van der Waals surface area contributed by atoms with Gasteiger partial charge < -0.3 is 15.7 Å². The summed E-state index contributed by atoms with van der Waals surface area (Å²) in [6.45, 7) is 1.61. The van der Waals surface area contributed by atoms with E-state index in [1.54, 1.807) is 30.3 Å². The van der Waals surface area contributed by atoms with Crippen LogP contribution in [0.4, 0.5) is 8.78 Å². The van der Waals surface area contributed by atoms with Gasteiger partial charge in [-0.15, -0.1) is 5.10 Å². The molecule has 0 saturated carbocycles. The Labute approximate surface area is 166 Å². The van der Waals surface area contributed by atoms with E-state index in [2.05, 4.69) is 10.3 Å². The Morgan fingerprint density at radius 2 is 2.00 bits per heavy atom. The number of hydrogen-bond donors (Lipinski definition) is 2. The Hall–Kier alpha value is -3.33. The lowest BCUT2D eigenvalue weighted by molar-refractivity contribution is -0.145. The zero-order valence-corrected chi connectivity index (χ0v) is 15.7. The van der Waals surface area contributed by atoms with Crippen LogP contribution in [-0.2, 0) is 15.3 Å². The molecule has 1 aliphatic heterocycles. The third-order valence-electron chi connectivity index (χ3n) is 4.55. The van der Waals surface area contributed by atoms with Crippen molar-refractivity contribution in [3.05, 3.63) is 71.3 Å². The molecule has 1 heterocycles. The van der Waals surface area contributed by atoms with E-state index >= 15 is 0 Å². The van der Waals surface area contributed by atoms with Gasteiger partial charge >= 0.3 is 0 Å². The van der Waals surface area contributed by atoms with E-state index in [9.17, 15) is 13.6 Å². The van der Waals surface area contributed by atoms with Crippen molar-refractivity contribution in [1.29, 1.82) is 0 Å². The van der Waals surface area contributed by atoms with Crippen LogP contribution in [0.25, 0.3) is 0 Å². The van der Waals surface area contributed by atoms with Gasteiger partial charge in [0.2, 0.25) is 11.6 Å². The first kappa shape index (κ1) is 20.4. The second-order valence-corrected chi connectivity index (χ2v) is 6.48. The highest BCUT2D eigenvalue weighted by Crippen LogP contribution is 2.41. The van der Waals surface area contributed by atoms with E-state index in [1.165, 1.54) is 6.92 Å². The number of hydrogen-bond acceptors (Lipinski definition) is 6. The van der Waals surface area contributed by atoms with Crippen molar-refractivity contribution in [2.24, 2.45) is 16.0 Å². The fourth-order valence-electron chi connectivity index (χ4n) is 3.09. The van der Waals surface area contributed by atoms with Crippen LogP contribution >= 0.6 is 0 Å². The summed E-state index contributed by atoms with van der Waals surface area (Å²) in [5, 5.41) is 17.2. The minimum Gasteiger partial charge on any atom is -0.443 e. The van der Waals surface area contributed by atoms with Crippen molar-refractivity contribution in [3.63, 3.8) is 0 Å². The normalized spacial score (nSPS) is 19.1. The topological polar surface area (TPSA) is 101 Å². The summed E-state index contributed by atoms with van der Waals surface area (Å²) in [6.07, 6.45) is 0.671. The quantitative estimate of drug-likeness (QED) is 0.441. The van der Waals surface area contributed by atoms with Crippen molar-refractivity contribution >= 4 is 17.5 Å². The van der Waals surface area contributed by atoms with Crippen LogP contribution in [0.1, 0.15) is 30.9 Å². The van der Waals surface area contributed by atoms with Gasteiger partial charge in [-0.05, 0) is 38.1 Å². The zero-order valence-electron chi connectivity index (χ0n) is 15.7. The molecule has 3 N–H and O–H groups in total. The van der Waals surface area contributed by atoms with Gasteiger partial charge in [0.05, 0.1) is 5.56 Å². The number of nitrogens with two attached hydrogens (primary N) is 1. The van der Waals surface area contributed by atoms with Crippen LogP contribution < -0.4 is 5.73 Å². The minimum absolute atomic E-state index is 0.224. The molecule has 0 fully saturated rings. The van der Waals surface area contributed by atoms with Crippen molar-refractivity contribution in [2.75, 3.05) is 6.54 Å². The number of benzene rings is 2. The summed E-state index contributed by atoms with van der Waals surface area (Å²) in [7, 11) is 0. The van der Waals surface area contributed by atoms with Gasteiger partial charge in [0.15, 0.2) is 0 Å². The van der Waals surface area contributed by atoms with Crippen molar-refractivity contribution in [3.8, 4) is 0 Å². The first-order valence-electron chi connectivity index (χ1n) is 8.95. The van der Waals surface area contributed by atoms with Crippen molar-refractivity contribution in [1.82, 2.24) is 5.01 Å². The van der Waals surface area contributed by atoms with E-state index in [1.807, 2.05) is 0 Å². The second kappa shape index (κ2) is 8.36. The second-order valence-electron chi connectivity index (χ2n) is 6.48. The molecular weight excluding hydrogens is 382 g/mol. The van der Waals surface area contributed by atoms with Crippen LogP contribution in [0.15, 0.2) is 58.8 Å². The number of oxime groups is 1. The standard InChI is InChI=1S/C20H20F2N4O3/c1-13(25-28)19(27)26-20(10-5-11-23,14-6-3-2-4-7-14)29-18(24-26)16-12-15(21)8-9-17(16)22/h2-4,6-9,12,28H,5,10-11,23H2,1H3/b25-13-. The number of rotatable bonds is 6. The highest BCUT2D eigenvalue weighted by molar-refractivity contribution is 6.37. The minimum atomic E-state index is -1.46. The largest absolute Gasteiger partial charge is 0.443 e. The number of carbonyl (C=O) groups excluding carboxylic acids is 1. The molecule has 7 nitrogen and oxygen atoms in total. The number of nitrogens with zero attached hydrogens (tertiary/aromatic N) is 3. The van der Waals surface area contributed by atoms with Crippen LogP contribution in [-0.4, -0.2) is 34.3 Å². The van der Waals surface area contributed by atoms with Gasteiger partial charge in [-0.1, -0.05) is 35.5 Å². The SMILES string of the molecule is C/C(=N/O)C(=O)N1N=C(c2cc(F)ccc2F)OC1(CCCN)c1ccccc1. The van der Waals surface area contributed by atoms with Gasteiger partial charge in [-0.3, -0.25) is 4.79 Å². The number of halogens is 2. The van der Waals surface area contributed by atoms with Crippen LogP contribution in [0, 0.1) is 11.6 Å². The average Bonchev–Trinajstić information content (AvgIpc) is 3.14. The average molecular weight is 402 g/mol. The number of amides is 1. The third kappa shape index (κ3) is 3.81. The molecule has 3 rings (SSSR count). The molecule has 0 spiro atoms. The maximum absolute atomic E-state index is 14.4. The highest BCUT2D eigenvalue weighted by atomic mass is 19.1. The summed E-state index contributed by atoms with van der Waals surface area (Å²) >= 11 is 0.